The van der Waals surface area contributed by atoms with Gasteiger partial charge in [-0.3, -0.25) is 14.8 Å². The van der Waals surface area contributed by atoms with Gasteiger partial charge in [-0.1, -0.05) is 60.7 Å². The van der Waals surface area contributed by atoms with Crippen molar-refractivity contribution in [2.75, 3.05) is 12.0 Å². The van der Waals surface area contributed by atoms with Crippen molar-refractivity contribution in [2.45, 2.75) is 6.04 Å². The van der Waals surface area contributed by atoms with Gasteiger partial charge >= 0.3 is 0 Å². The lowest BCUT2D eigenvalue weighted by atomic mass is 9.96. The predicted octanol–water partition coefficient (Wildman–Crippen LogP) is 4.84. The van der Waals surface area contributed by atoms with Gasteiger partial charge in [-0.05, 0) is 29.8 Å². The summed E-state index contributed by atoms with van der Waals surface area (Å²) in [5, 5.41) is 7.49. The van der Waals surface area contributed by atoms with Gasteiger partial charge < -0.3 is 4.74 Å². The molecule has 0 aliphatic carbocycles. The second kappa shape index (κ2) is 6.95. The van der Waals surface area contributed by atoms with E-state index < -0.39 is 0 Å². The quantitative estimate of drug-likeness (QED) is 0.551. The molecule has 3 aromatic carbocycles. The van der Waals surface area contributed by atoms with Crippen molar-refractivity contribution in [3.63, 3.8) is 0 Å². The first-order valence-electron chi connectivity index (χ1n) is 9.44. The normalized spacial score (nSPS) is 15.4. The van der Waals surface area contributed by atoms with E-state index in [1.165, 1.54) is 0 Å². The maximum absolute atomic E-state index is 13.4. The van der Waals surface area contributed by atoms with Crippen molar-refractivity contribution in [3.05, 3.63) is 102 Å². The first kappa shape index (κ1) is 17.3. The van der Waals surface area contributed by atoms with Gasteiger partial charge in [0.2, 0.25) is 0 Å². The molecule has 1 N–H and O–H groups in total. The number of H-pyrrole nitrogens is 1. The standard InChI is InChI=1S/C24H19N3O2/c1-29-19-14-12-17(13-15-19)23-20-21(16-8-4-2-5-9-16)25-26-22(20)24(28)27(23)18-10-6-3-7-11-18/h2-15,23H,1H3,(H,25,26)/t23-/m0/s1. The highest BCUT2D eigenvalue weighted by Gasteiger charge is 2.42. The number of fused-ring (bicyclic) bond motifs is 1. The number of hydrogen-bond acceptors (Lipinski definition) is 3. The first-order valence-corrected chi connectivity index (χ1v) is 9.44. The SMILES string of the molecule is COc1ccc([C@H]2c3c(-c4ccccc4)n[nH]c3C(=O)N2c2ccccc2)cc1. The van der Waals surface area contributed by atoms with Gasteiger partial charge in [-0.15, -0.1) is 0 Å². The van der Waals surface area contributed by atoms with Crippen molar-refractivity contribution in [2.24, 2.45) is 0 Å². The van der Waals surface area contributed by atoms with Crippen molar-refractivity contribution in [1.82, 2.24) is 10.2 Å². The van der Waals surface area contributed by atoms with Crippen LogP contribution in [0, 0.1) is 0 Å². The van der Waals surface area contributed by atoms with Crippen LogP contribution in [0.15, 0.2) is 84.9 Å². The lowest BCUT2D eigenvalue weighted by Crippen LogP contribution is -2.29. The van der Waals surface area contributed by atoms with Gasteiger partial charge in [0.15, 0.2) is 0 Å². The number of carbonyl (C=O) groups excluding carboxylic acids is 1. The number of amides is 1. The number of benzene rings is 3. The van der Waals surface area contributed by atoms with E-state index >= 15 is 0 Å². The number of methoxy groups -OCH3 is 1. The summed E-state index contributed by atoms with van der Waals surface area (Å²) < 4.78 is 5.31. The van der Waals surface area contributed by atoms with E-state index in [1.807, 2.05) is 89.8 Å². The topological polar surface area (TPSA) is 58.2 Å². The lowest BCUT2D eigenvalue weighted by Gasteiger charge is -2.26. The van der Waals surface area contributed by atoms with Crippen LogP contribution in [0.2, 0.25) is 0 Å². The molecule has 1 atom stereocenters. The van der Waals surface area contributed by atoms with E-state index in [0.29, 0.717) is 5.69 Å². The smallest absolute Gasteiger partial charge is 0.277 e. The van der Waals surface area contributed by atoms with Gasteiger partial charge in [-0.2, -0.15) is 5.10 Å². The van der Waals surface area contributed by atoms with Gasteiger partial charge in [0.05, 0.1) is 18.8 Å². The number of anilines is 1. The third-order valence-electron chi connectivity index (χ3n) is 5.28. The van der Waals surface area contributed by atoms with E-state index in [1.54, 1.807) is 7.11 Å². The molecule has 0 radical (unpaired) electrons. The van der Waals surface area contributed by atoms with Crippen LogP contribution in [-0.2, 0) is 0 Å². The Kier molecular flexibility index (Phi) is 4.13. The third-order valence-corrected chi connectivity index (χ3v) is 5.28. The molecule has 0 fully saturated rings. The van der Waals surface area contributed by atoms with Gasteiger partial charge in [0, 0.05) is 16.8 Å². The number of hydrogen-bond donors (Lipinski definition) is 1. The minimum atomic E-state index is -0.278. The number of nitrogens with zero attached hydrogens (tertiary/aromatic N) is 2. The Labute approximate surface area is 168 Å². The first-order chi connectivity index (χ1) is 14.3. The number of nitrogens with one attached hydrogen (secondary N) is 1. The van der Waals surface area contributed by atoms with E-state index in [4.69, 9.17) is 4.74 Å². The van der Waals surface area contributed by atoms with Gasteiger partial charge in [-0.25, -0.2) is 0 Å². The Morgan fingerprint density at radius 3 is 2.21 bits per heavy atom. The molecule has 1 amide bonds. The molecule has 1 aliphatic rings. The Morgan fingerprint density at radius 1 is 0.897 bits per heavy atom. The molecule has 2 heterocycles. The molecule has 1 aliphatic heterocycles. The molecule has 0 spiro atoms. The lowest BCUT2D eigenvalue weighted by molar-refractivity contribution is 0.0989. The summed E-state index contributed by atoms with van der Waals surface area (Å²) in [6, 6.07) is 27.3. The summed E-state index contributed by atoms with van der Waals surface area (Å²) in [5.74, 6) is 0.696. The zero-order valence-corrected chi connectivity index (χ0v) is 15.9. The average molecular weight is 381 g/mol. The minimum absolute atomic E-state index is 0.0818. The summed E-state index contributed by atoms with van der Waals surface area (Å²) in [5.41, 5.74) is 5.06. The molecule has 0 bridgehead atoms. The molecule has 29 heavy (non-hydrogen) atoms. The van der Waals surface area contributed by atoms with Crippen LogP contribution in [0.5, 0.6) is 5.75 Å². The number of aromatic nitrogens is 2. The molecule has 5 heteroatoms. The molecular formula is C24H19N3O2. The molecule has 0 saturated carbocycles. The highest BCUT2D eigenvalue weighted by atomic mass is 16.5. The summed E-state index contributed by atoms with van der Waals surface area (Å²) in [6.07, 6.45) is 0. The fourth-order valence-corrected chi connectivity index (χ4v) is 3.92. The van der Waals surface area contributed by atoms with Crippen LogP contribution in [0.25, 0.3) is 11.3 Å². The molecule has 5 nitrogen and oxygen atoms in total. The maximum atomic E-state index is 13.4. The predicted molar refractivity (Wildman–Crippen MR) is 112 cm³/mol. The summed E-state index contributed by atoms with van der Waals surface area (Å²) in [7, 11) is 1.64. The number of para-hydroxylation sites is 1. The second-order valence-electron chi connectivity index (χ2n) is 6.91. The monoisotopic (exact) mass is 381 g/mol. The summed E-state index contributed by atoms with van der Waals surface area (Å²) in [4.78, 5) is 15.2. The summed E-state index contributed by atoms with van der Waals surface area (Å²) >= 11 is 0. The fourth-order valence-electron chi connectivity index (χ4n) is 3.92. The number of rotatable bonds is 4. The van der Waals surface area contributed by atoms with E-state index in [9.17, 15) is 4.79 Å². The van der Waals surface area contributed by atoms with Gasteiger partial charge in [0.25, 0.3) is 5.91 Å². The van der Waals surface area contributed by atoms with Crippen LogP contribution >= 0.6 is 0 Å². The molecule has 4 aromatic rings. The Bertz CT molecular complexity index is 1150. The number of ether oxygens (including phenoxy) is 1. The minimum Gasteiger partial charge on any atom is -0.497 e. The van der Waals surface area contributed by atoms with Crippen LogP contribution in [0.3, 0.4) is 0 Å². The van der Waals surface area contributed by atoms with Gasteiger partial charge in [0.1, 0.15) is 11.4 Å². The van der Waals surface area contributed by atoms with Crippen molar-refractivity contribution in [1.29, 1.82) is 0 Å². The Morgan fingerprint density at radius 2 is 1.55 bits per heavy atom. The van der Waals surface area contributed by atoms with Crippen LogP contribution in [-0.4, -0.2) is 23.2 Å². The molecule has 0 saturated heterocycles. The molecular weight excluding hydrogens is 362 g/mol. The van der Waals surface area contributed by atoms with Crippen molar-refractivity contribution in [3.8, 4) is 17.0 Å². The van der Waals surface area contributed by atoms with E-state index in [0.717, 1.165) is 33.8 Å². The van der Waals surface area contributed by atoms with E-state index in [-0.39, 0.29) is 11.9 Å². The third kappa shape index (κ3) is 2.79. The van der Waals surface area contributed by atoms with Crippen molar-refractivity contribution < 1.29 is 9.53 Å². The summed E-state index contributed by atoms with van der Waals surface area (Å²) in [6.45, 7) is 0. The van der Waals surface area contributed by atoms with Crippen LogP contribution in [0.1, 0.15) is 27.7 Å². The number of aromatic amines is 1. The molecule has 142 valence electrons. The highest BCUT2D eigenvalue weighted by Crippen LogP contribution is 2.45. The second-order valence-corrected chi connectivity index (χ2v) is 6.91. The largest absolute Gasteiger partial charge is 0.497 e. The highest BCUT2D eigenvalue weighted by molar-refractivity contribution is 6.11. The zero-order valence-electron chi connectivity index (χ0n) is 15.9. The number of carbonyl (C=O) groups is 1. The van der Waals surface area contributed by atoms with Crippen LogP contribution in [0.4, 0.5) is 5.69 Å². The maximum Gasteiger partial charge on any atom is 0.277 e. The average Bonchev–Trinajstić information content (AvgIpc) is 3.34. The molecule has 1 aromatic heterocycles. The van der Waals surface area contributed by atoms with Crippen molar-refractivity contribution >= 4 is 11.6 Å². The Hall–Kier alpha value is -3.86. The molecule has 5 rings (SSSR count). The van der Waals surface area contributed by atoms with Crippen LogP contribution < -0.4 is 9.64 Å². The zero-order chi connectivity index (χ0) is 19.8. The van der Waals surface area contributed by atoms with E-state index in [2.05, 4.69) is 10.2 Å². The Balaban J connectivity index is 1.71. The fraction of sp³-hybridized carbons (Fsp3) is 0.0833. The molecule has 0 unspecified atom stereocenters.